The molecule has 3 rings (SSSR count). The molecular weight excluding hydrogens is 278 g/mol. The van der Waals surface area contributed by atoms with Crippen molar-refractivity contribution in [2.75, 3.05) is 11.9 Å². The fraction of sp³-hybridized carbons (Fsp3) is 0.111. The van der Waals surface area contributed by atoms with Crippen LogP contribution in [0.25, 0.3) is 6.08 Å². The smallest absolute Gasteiger partial charge is 0.331 e. The summed E-state index contributed by atoms with van der Waals surface area (Å²) in [5.41, 5.74) is 2.39. The van der Waals surface area contributed by atoms with Crippen LogP contribution in [0, 0.1) is 0 Å². The number of anilines is 1. The van der Waals surface area contributed by atoms with E-state index in [1.165, 1.54) is 11.0 Å². The van der Waals surface area contributed by atoms with Gasteiger partial charge in [-0.15, -0.1) is 0 Å². The number of benzene rings is 2. The Morgan fingerprint density at radius 3 is 2.55 bits per heavy atom. The molecule has 0 aromatic heterocycles. The highest BCUT2D eigenvalue weighted by molar-refractivity contribution is 6.05. The quantitative estimate of drug-likeness (QED) is 0.645. The average molecular weight is 293 g/mol. The lowest BCUT2D eigenvalue weighted by Crippen LogP contribution is -2.26. The Kier molecular flexibility index (Phi) is 3.74. The Labute approximate surface area is 128 Å². The van der Waals surface area contributed by atoms with E-state index in [1.807, 2.05) is 48.5 Å². The van der Waals surface area contributed by atoms with Gasteiger partial charge in [0.1, 0.15) is 0 Å². The molecule has 0 fully saturated rings. The summed E-state index contributed by atoms with van der Waals surface area (Å²) in [6, 6.07) is 16.7. The first-order chi connectivity index (χ1) is 10.7. The van der Waals surface area contributed by atoms with Gasteiger partial charge in [0, 0.05) is 18.7 Å². The normalized spacial score (nSPS) is 16.9. The van der Waals surface area contributed by atoms with Gasteiger partial charge < -0.3 is 9.64 Å². The molecule has 1 amide bonds. The largest absolute Gasteiger partial charge is 0.444 e. The molecule has 110 valence electrons. The van der Waals surface area contributed by atoms with Crippen LogP contribution >= 0.6 is 0 Å². The highest BCUT2D eigenvalue weighted by Crippen LogP contribution is 2.36. The number of likely N-dealkylation sites (N-methyl/N-ethyl adjacent to an activating group) is 1. The monoisotopic (exact) mass is 293 g/mol. The second-order valence-corrected chi connectivity index (χ2v) is 5.02. The summed E-state index contributed by atoms with van der Waals surface area (Å²) in [6.07, 6.45) is 2.13. The van der Waals surface area contributed by atoms with Gasteiger partial charge in [-0.1, -0.05) is 48.5 Å². The summed E-state index contributed by atoms with van der Waals surface area (Å²) in [6.45, 7) is 0. The van der Waals surface area contributed by atoms with Crippen LogP contribution in [0.2, 0.25) is 0 Å². The van der Waals surface area contributed by atoms with E-state index in [0.717, 1.165) is 16.8 Å². The summed E-state index contributed by atoms with van der Waals surface area (Å²) in [5.74, 6) is -0.769. The molecule has 1 unspecified atom stereocenters. The maximum absolute atomic E-state index is 12.2. The van der Waals surface area contributed by atoms with Crippen molar-refractivity contribution >= 4 is 23.6 Å². The molecule has 2 aromatic carbocycles. The number of esters is 1. The molecular formula is C18H15NO3. The van der Waals surface area contributed by atoms with Crippen LogP contribution in [0.4, 0.5) is 5.69 Å². The van der Waals surface area contributed by atoms with Crippen molar-refractivity contribution in [3.63, 3.8) is 0 Å². The van der Waals surface area contributed by atoms with Crippen LogP contribution in [0.3, 0.4) is 0 Å². The van der Waals surface area contributed by atoms with E-state index in [-0.39, 0.29) is 5.91 Å². The third kappa shape index (κ3) is 2.63. The second kappa shape index (κ2) is 5.85. The van der Waals surface area contributed by atoms with E-state index >= 15 is 0 Å². The number of amides is 1. The first-order valence-electron chi connectivity index (χ1n) is 6.97. The zero-order valence-electron chi connectivity index (χ0n) is 12.1. The van der Waals surface area contributed by atoms with E-state index in [1.54, 1.807) is 19.2 Å². The highest BCUT2D eigenvalue weighted by Gasteiger charge is 2.37. The van der Waals surface area contributed by atoms with Gasteiger partial charge in [0.05, 0.1) is 5.69 Å². The topological polar surface area (TPSA) is 46.6 Å². The Bertz CT molecular complexity index is 737. The number of rotatable bonds is 3. The standard InChI is InChI=1S/C18H15NO3/c1-19-15-10-6-5-9-14(15)17(18(19)21)22-16(20)12-11-13-7-3-2-4-8-13/h2-12,17H,1H3/b12-11+. The molecule has 22 heavy (non-hydrogen) atoms. The number of fused-ring (bicyclic) bond motifs is 1. The summed E-state index contributed by atoms with van der Waals surface area (Å²) in [7, 11) is 1.68. The van der Waals surface area contributed by atoms with Crippen LogP contribution in [0.1, 0.15) is 17.2 Å². The lowest BCUT2D eigenvalue weighted by molar-refractivity contribution is -0.149. The molecule has 1 heterocycles. The van der Waals surface area contributed by atoms with E-state index in [9.17, 15) is 9.59 Å². The Balaban J connectivity index is 1.75. The maximum Gasteiger partial charge on any atom is 0.331 e. The van der Waals surface area contributed by atoms with Crippen LogP contribution < -0.4 is 4.90 Å². The number of carbonyl (C=O) groups is 2. The molecule has 0 saturated carbocycles. The fourth-order valence-corrected chi connectivity index (χ4v) is 2.44. The van der Waals surface area contributed by atoms with Crippen molar-refractivity contribution in [1.29, 1.82) is 0 Å². The number of nitrogens with zero attached hydrogens (tertiary/aromatic N) is 1. The third-order valence-corrected chi connectivity index (χ3v) is 3.58. The number of hydrogen-bond acceptors (Lipinski definition) is 3. The van der Waals surface area contributed by atoms with Crippen LogP contribution in [-0.4, -0.2) is 18.9 Å². The minimum Gasteiger partial charge on any atom is -0.444 e. The predicted octanol–water partition coefficient (Wildman–Crippen LogP) is 2.96. The Morgan fingerprint density at radius 1 is 1.09 bits per heavy atom. The summed E-state index contributed by atoms with van der Waals surface area (Å²) in [4.78, 5) is 25.7. The minimum absolute atomic E-state index is 0.234. The molecule has 1 aliphatic heterocycles. The molecule has 4 nitrogen and oxygen atoms in total. The average Bonchev–Trinajstić information content (AvgIpc) is 2.79. The predicted molar refractivity (Wildman–Crippen MR) is 84.2 cm³/mol. The van der Waals surface area contributed by atoms with Crippen LogP contribution in [0.5, 0.6) is 0 Å². The molecule has 1 aliphatic rings. The summed E-state index contributed by atoms with van der Waals surface area (Å²) >= 11 is 0. The fourth-order valence-electron chi connectivity index (χ4n) is 2.44. The molecule has 0 saturated heterocycles. The molecule has 4 heteroatoms. The van der Waals surface area contributed by atoms with Gasteiger partial charge in [-0.2, -0.15) is 0 Å². The molecule has 0 radical (unpaired) electrons. The first-order valence-corrected chi connectivity index (χ1v) is 6.97. The van der Waals surface area contributed by atoms with E-state index in [0.29, 0.717) is 0 Å². The van der Waals surface area contributed by atoms with Crippen molar-refractivity contribution in [3.8, 4) is 0 Å². The Morgan fingerprint density at radius 2 is 1.77 bits per heavy atom. The zero-order chi connectivity index (χ0) is 15.5. The molecule has 0 bridgehead atoms. The van der Waals surface area contributed by atoms with E-state index in [2.05, 4.69) is 0 Å². The summed E-state index contributed by atoms with van der Waals surface area (Å²) in [5, 5.41) is 0. The van der Waals surface area contributed by atoms with Gasteiger partial charge in [-0.25, -0.2) is 4.79 Å². The molecule has 2 aromatic rings. The zero-order valence-corrected chi connectivity index (χ0v) is 12.1. The molecule has 0 N–H and O–H groups in total. The van der Waals surface area contributed by atoms with E-state index in [4.69, 9.17) is 4.74 Å². The van der Waals surface area contributed by atoms with Crippen molar-refractivity contribution in [2.45, 2.75) is 6.10 Å². The van der Waals surface area contributed by atoms with Gasteiger partial charge in [0.15, 0.2) is 0 Å². The van der Waals surface area contributed by atoms with Gasteiger partial charge in [0.2, 0.25) is 6.10 Å². The molecule has 1 atom stereocenters. The highest BCUT2D eigenvalue weighted by atomic mass is 16.5. The van der Waals surface area contributed by atoms with Crippen molar-refractivity contribution < 1.29 is 14.3 Å². The van der Waals surface area contributed by atoms with Gasteiger partial charge in [0.25, 0.3) is 5.91 Å². The number of ether oxygens (including phenoxy) is 1. The van der Waals surface area contributed by atoms with Crippen molar-refractivity contribution in [2.24, 2.45) is 0 Å². The second-order valence-electron chi connectivity index (χ2n) is 5.02. The van der Waals surface area contributed by atoms with Crippen molar-refractivity contribution in [3.05, 3.63) is 71.8 Å². The lowest BCUT2D eigenvalue weighted by atomic mass is 10.1. The van der Waals surface area contributed by atoms with Gasteiger partial charge >= 0.3 is 5.97 Å². The van der Waals surface area contributed by atoms with Gasteiger partial charge in [-0.3, -0.25) is 4.79 Å². The SMILES string of the molecule is CN1C(=O)C(OC(=O)/C=C/c2ccccc2)c2ccccc21. The molecule has 0 spiro atoms. The van der Waals surface area contributed by atoms with E-state index < -0.39 is 12.1 Å². The number of para-hydroxylation sites is 1. The van der Waals surface area contributed by atoms with Crippen molar-refractivity contribution in [1.82, 2.24) is 0 Å². The van der Waals surface area contributed by atoms with Crippen LogP contribution in [-0.2, 0) is 14.3 Å². The number of hydrogen-bond donors (Lipinski definition) is 0. The number of carbonyl (C=O) groups excluding carboxylic acids is 2. The van der Waals surface area contributed by atoms with Gasteiger partial charge in [-0.05, 0) is 17.7 Å². The third-order valence-electron chi connectivity index (χ3n) is 3.58. The maximum atomic E-state index is 12.2. The molecule has 0 aliphatic carbocycles. The first kappa shape index (κ1) is 14.1. The minimum atomic E-state index is -0.867. The summed E-state index contributed by atoms with van der Waals surface area (Å²) < 4.78 is 5.33. The lowest BCUT2D eigenvalue weighted by Gasteiger charge is -2.11. The van der Waals surface area contributed by atoms with Crippen LogP contribution in [0.15, 0.2) is 60.7 Å². The Hall–Kier alpha value is -2.88.